The second-order valence-corrected chi connectivity index (χ2v) is 6.95. The first-order valence-corrected chi connectivity index (χ1v) is 8.10. The third-order valence-electron chi connectivity index (χ3n) is 2.75. The van der Waals surface area contributed by atoms with E-state index in [2.05, 4.69) is 5.32 Å². The van der Waals surface area contributed by atoms with Crippen molar-refractivity contribution in [1.82, 2.24) is 4.31 Å². The lowest BCUT2D eigenvalue weighted by atomic mass is 10.3. The molecule has 0 radical (unpaired) electrons. The van der Waals surface area contributed by atoms with Gasteiger partial charge in [0.2, 0.25) is 10.0 Å². The summed E-state index contributed by atoms with van der Waals surface area (Å²) in [6, 6.07) is 6.88. The zero-order chi connectivity index (χ0) is 12.3. The van der Waals surface area contributed by atoms with E-state index in [1.807, 2.05) is 7.05 Å². The van der Waals surface area contributed by atoms with Crippen LogP contribution in [0.5, 0.6) is 0 Å². The van der Waals surface area contributed by atoms with Crippen LogP contribution in [0.2, 0.25) is 0 Å². The molecule has 1 saturated heterocycles. The Bertz CT molecular complexity index is 465. The summed E-state index contributed by atoms with van der Waals surface area (Å²) < 4.78 is 26.1. The monoisotopic (exact) mass is 272 g/mol. The molecular formula is C11H16N2O2S2. The summed E-state index contributed by atoms with van der Waals surface area (Å²) in [5.41, 5.74) is 0.915. The van der Waals surface area contributed by atoms with E-state index in [1.165, 1.54) is 0 Å². The van der Waals surface area contributed by atoms with Crippen LogP contribution in [0.15, 0.2) is 29.2 Å². The molecule has 0 saturated carbocycles. The molecule has 0 unspecified atom stereocenters. The van der Waals surface area contributed by atoms with Gasteiger partial charge in [0.05, 0.1) is 4.90 Å². The molecule has 2 rings (SSSR count). The number of sulfonamides is 1. The van der Waals surface area contributed by atoms with Gasteiger partial charge in [-0.2, -0.15) is 16.1 Å². The third-order valence-corrected chi connectivity index (χ3v) is 5.61. The first-order valence-electron chi connectivity index (χ1n) is 5.50. The minimum absolute atomic E-state index is 0.378. The van der Waals surface area contributed by atoms with Gasteiger partial charge >= 0.3 is 0 Å². The molecule has 0 aliphatic carbocycles. The second-order valence-electron chi connectivity index (χ2n) is 3.79. The molecule has 6 heteroatoms. The van der Waals surface area contributed by atoms with Gasteiger partial charge in [0.15, 0.2) is 0 Å². The molecule has 4 nitrogen and oxygen atoms in total. The van der Waals surface area contributed by atoms with Crippen molar-refractivity contribution in [2.24, 2.45) is 0 Å². The first-order chi connectivity index (χ1) is 8.14. The Morgan fingerprint density at radius 2 is 1.76 bits per heavy atom. The molecule has 0 bridgehead atoms. The Morgan fingerprint density at radius 1 is 1.18 bits per heavy atom. The van der Waals surface area contributed by atoms with Crippen LogP contribution >= 0.6 is 11.8 Å². The molecule has 1 aromatic carbocycles. The molecule has 1 aromatic rings. The molecule has 1 fully saturated rings. The highest BCUT2D eigenvalue weighted by molar-refractivity contribution is 7.99. The molecule has 0 spiro atoms. The van der Waals surface area contributed by atoms with Crippen LogP contribution in [0.25, 0.3) is 0 Å². The van der Waals surface area contributed by atoms with E-state index in [0.717, 1.165) is 17.2 Å². The van der Waals surface area contributed by atoms with Gasteiger partial charge in [0.25, 0.3) is 0 Å². The van der Waals surface area contributed by atoms with Crippen molar-refractivity contribution in [3.63, 3.8) is 0 Å². The van der Waals surface area contributed by atoms with Crippen LogP contribution in [0.3, 0.4) is 0 Å². The van der Waals surface area contributed by atoms with Crippen molar-refractivity contribution in [3.05, 3.63) is 24.3 Å². The fraction of sp³-hybridized carbons (Fsp3) is 0.455. The van der Waals surface area contributed by atoms with Gasteiger partial charge in [-0.3, -0.25) is 0 Å². The lowest BCUT2D eigenvalue weighted by Crippen LogP contribution is -2.37. The number of thioether (sulfide) groups is 1. The normalized spacial score (nSPS) is 17.9. The van der Waals surface area contributed by atoms with E-state index in [4.69, 9.17) is 0 Å². The number of hydrogen-bond acceptors (Lipinski definition) is 4. The average molecular weight is 272 g/mol. The number of nitrogens with zero attached hydrogens (tertiary/aromatic N) is 1. The maximum Gasteiger partial charge on any atom is 0.243 e. The predicted molar refractivity (Wildman–Crippen MR) is 72.1 cm³/mol. The molecule has 1 aliphatic heterocycles. The van der Waals surface area contributed by atoms with Crippen LogP contribution in [0.4, 0.5) is 5.69 Å². The van der Waals surface area contributed by atoms with Crippen molar-refractivity contribution >= 4 is 27.5 Å². The Kier molecular flexibility index (Phi) is 3.96. The number of anilines is 1. The quantitative estimate of drug-likeness (QED) is 0.905. The fourth-order valence-electron chi connectivity index (χ4n) is 1.73. The molecule has 1 N–H and O–H groups in total. The van der Waals surface area contributed by atoms with Gasteiger partial charge in [0, 0.05) is 37.3 Å². The standard InChI is InChI=1S/C11H16N2O2S2/c1-12-10-2-4-11(5-3-10)17(14,15)13-6-8-16-9-7-13/h2-5,12H,6-9H2,1H3. The number of nitrogens with one attached hydrogen (secondary N) is 1. The Morgan fingerprint density at radius 3 is 2.29 bits per heavy atom. The minimum atomic E-state index is -3.29. The molecule has 94 valence electrons. The average Bonchev–Trinajstić information content (AvgIpc) is 2.40. The largest absolute Gasteiger partial charge is 0.388 e. The number of hydrogen-bond donors (Lipinski definition) is 1. The summed E-state index contributed by atoms with van der Waals surface area (Å²) in [5.74, 6) is 1.77. The molecule has 0 amide bonds. The smallest absolute Gasteiger partial charge is 0.243 e. The molecule has 17 heavy (non-hydrogen) atoms. The predicted octanol–water partition coefficient (Wildman–Crippen LogP) is 1.47. The SMILES string of the molecule is CNc1ccc(S(=O)(=O)N2CCSCC2)cc1. The van der Waals surface area contributed by atoms with Crippen molar-refractivity contribution < 1.29 is 8.42 Å². The first kappa shape index (κ1) is 12.7. The minimum Gasteiger partial charge on any atom is -0.388 e. The highest BCUT2D eigenvalue weighted by Crippen LogP contribution is 2.21. The molecule has 0 atom stereocenters. The second kappa shape index (κ2) is 5.29. The maximum absolute atomic E-state index is 12.3. The summed E-state index contributed by atoms with van der Waals surface area (Å²) in [6.07, 6.45) is 0. The molecule has 1 heterocycles. The van der Waals surface area contributed by atoms with Crippen molar-refractivity contribution in [2.75, 3.05) is 37.0 Å². The molecular weight excluding hydrogens is 256 g/mol. The van der Waals surface area contributed by atoms with Gasteiger partial charge in [0.1, 0.15) is 0 Å². The zero-order valence-electron chi connectivity index (χ0n) is 9.72. The van der Waals surface area contributed by atoms with E-state index < -0.39 is 10.0 Å². The van der Waals surface area contributed by atoms with Gasteiger partial charge in [-0.05, 0) is 24.3 Å². The number of benzene rings is 1. The lowest BCUT2D eigenvalue weighted by molar-refractivity contribution is 0.443. The highest BCUT2D eigenvalue weighted by Gasteiger charge is 2.25. The van der Waals surface area contributed by atoms with Crippen LogP contribution in [0, 0.1) is 0 Å². The van der Waals surface area contributed by atoms with E-state index in [1.54, 1.807) is 40.3 Å². The fourth-order valence-corrected chi connectivity index (χ4v) is 4.31. The van der Waals surface area contributed by atoms with E-state index in [0.29, 0.717) is 18.0 Å². The highest BCUT2D eigenvalue weighted by atomic mass is 32.2. The number of rotatable bonds is 3. The van der Waals surface area contributed by atoms with Crippen molar-refractivity contribution in [1.29, 1.82) is 0 Å². The Labute approximate surface area is 106 Å². The summed E-state index contributed by atoms with van der Waals surface area (Å²) in [7, 11) is -1.48. The van der Waals surface area contributed by atoms with E-state index in [-0.39, 0.29) is 0 Å². The van der Waals surface area contributed by atoms with E-state index >= 15 is 0 Å². The van der Waals surface area contributed by atoms with Crippen LogP contribution < -0.4 is 5.32 Å². The maximum atomic E-state index is 12.3. The van der Waals surface area contributed by atoms with Gasteiger partial charge in [-0.25, -0.2) is 8.42 Å². The summed E-state index contributed by atoms with van der Waals surface area (Å²) in [5, 5.41) is 2.97. The van der Waals surface area contributed by atoms with Crippen LogP contribution in [0.1, 0.15) is 0 Å². The van der Waals surface area contributed by atoms with Crippen LogP contribution in [-0.2, 0) is 10.0 Å². The van der Waals surface area contributed by atoms with Gasteiger partial charge in [-0.1, -0.05) is 0 Å². The summed E-state index contributed by atoms with van der Waals surface area (Å²) in [6.45, 7) is 1.22. The third kappa shape index (κ3) is 2.75. The summed E-state index contributed by atoms with van der Waals surface area (Å²) >= 11 is 1.80. The molecule has 1 aliphatic rings. The molecule has 0 aromatic heterocycles. The zero-order valence-corrected chi connectivity index (χ0v) is 11.4. The van der Waals surface area contributed by atoms with Gasteiger partial charge in [-0.15, -0.1) is 0 Å². The topological polar surface area (TPSA) is 49.4 Å². The van der Waals surface area contributed by atoms with Crippen molar-refractivity contribution in [3.8, 4) is 0 Å². The van der Waals surface area contributed by atoms with Crippen molar-refractivity contribution in [2.45, 2.75) is 4.90 Å². The lowest BCUT2D eigenvalue weighted by Gasteiger charge is -2.25. The Balaban J connectivity index is 2.23. The Hall–Kier alpha value is -0.720. The van der Waals surface area contributed by atoms with Crippen LogP contribution in [-0.4, -0.2) is 44.4 Å². The van der Waals surface area contributed by atoms with Gasteiger partial charge < -0.3 is 5.32 Å². The van der Waals surface area contributed by atoms with E-state index in [9.17, 15) is 8.42 Å². The summed E-state index contributed by atoms with van der Waals surface area (Å²) in [4.78, 5) is 0.378.